The molecule has 74 valence electrons. The highest BCUT2D eigenvalue weighted by Crippen LogP contribution is 2.17. The largest absolute Gasteiger partial charge is 0.444 e. The second-order valence-electron chi connectivity index (χ2n) is 3.01. The Hall–Kier alpha value is -1.08. The van der Waals surface area contributed by atoms with Crippen molar-refractivity contribution in [2.24, 2.45) is 0 Å². The summed E-state index contributed by atoms with van der Waals surface area (Å²) >= 11 is 3.24. The number of aromatic nitrogens is 2. The van der Waals surface area contributed by atoms with E-state index in [1.54, 1.807) is 12.4 Å². The fourth-order valence-corrected chi connectivity index (χ4v) is 0.963. The molecule has 1 rings (SSSR count). The molecule has 1 heterocycles. The van der Waals surface area contributed by atoms with E-state index in [4.69, 9.17) is 11.2 Å². The number of rotatable bonds is 3. The van der Waals surface area contributed by atoms with Gasteiger partial charge in [-0.05, 0) is 29.3 Å². The van der Waals surface area contributed by atoms with Gasteiger partial charge in [-0.15, -0.1) is 6.42 Å². The predicted molar refractivity (Wildman–Crippen MR) is 57.9 cm³/mol. The third kappa shape index (κ3) is 2.71. The van der Waals surface area contributed by atoms with Crippen molar-refractivity contribution in [1.29, 1.82) is 0 Å². The van der Waals surface area contributed by atoms with E-state index in [2.05, 4.69) is 31.8 Å². The van der Waals surface area contributed by atoms with Crippen LogP contribution in [0.5, 0.6) is 6.01 Å². The minimum atomic E-state index is -0.631. The van der Waals surface area contributed by atoms with Crippen LogP contribution in [0.1, 0.15) is 20.3 Å². The van der Waals surface area contributed by atoms with Crippen molar-refractivity contribution < 1.29 is 4.74 Å². The van der Waals surface area contributed by atoms with Gasteiger partial charge in [0.05, 0.1) is 4.47 Å². The number of terminal acetylenes is 1. The Kier molecular flexibility index (Phi) is 3.48. The van der Waals surface area contributed by atoms with E-state index < -0.39 is 5.60 Å². The van der Waals surface area contributed by atoms with E-state index in [0.717, 1.165) is 4.47 Å². The Labute approximate surface area is 92.0 Å². The molecule has 0 spiro atoms. The molecular weight excluding hydrogens is 244 g/mol. The number of hydrogen-bond donors (Lipinski definition) is 0. The molecule has 0 aliphatic heterocycles. The lowest BCUT2D eigenvalue weighted by molar-refractivity contribution is 0.132. The molecule has 0 aliphatic rings. The second kappa shape index (κ2) is 4.43. The van der Waals surface area contributed by atoms with Gasteiger partial charge in [-0.1, -0.05) is 12.8 Å². The normalized spacial score (nSPS) is 14.1. The molecule has 0 N–H and O–H groups in total. The summed E-state index contributed by atoms with van der Waals surface area (Å²) in [6.45, 7) is 3.79. The molecule has 14 heavy (non-hydrogen) atoms. The van der Waals surface area contributed by atoms with Gasteiger partial charge >= 0.3 is 6.01 Å². The van der Waals surface area contributed by atoms with E-state index in [1.165, 1.54) is 0 Å². The van der Waals surface area contributed by atoms with Crippen molar-refractivity contribution >= 4 is 15.9 Å². The van der Waals surface area contributed by atoms with Crippen LogP contribution in [-0.2, 0) is 0 Å². The summed E-state index contributed by atoms with van der Waals surface area (Å²) in [7, 11) is 0. The van der Waals surface area contributed by atoms with Crippen molar-refractivity contribution in [2.75, 3.05) is 0 Å². The van der Waals surface area contributed by atoms with Crippen LogP contribution in [0.4, 0.5) is 0 Å². The molecule has 0 aromatic carbocycles. The van der Waals surface area contributed by atoms with Gasteiger partial charge in [-0.3, -0.25) is 0 Å². The van der Waals surface area contributed by atoms with Gasteiger partial charge < -0.3 is 4.74 Å². The average molecular weight is 255 g/mol. The summed E-state index contributed by atoms with van der Waals surface area (Å²) in [4.78, 5) is 7.97. The van der Waals surface area contributed by atoms with Crippen molar-refractivity contribution in [1.82, 2.24) is 9.97 Å². The van der Waals surface area contributed by atoms with E-state index >= 15 is 0 Å². The molecule has 0 fully saturated rings. The molecule has 0 saturated heterocycles. The Bertz CT molecular complexity index is 344. The zero-order valence-electron chi connectivity index (χ0n) is 8.12. The fourth-order valence-electron chi connectivity index (χ4n) is 0.758. The smallest absolute Gasteiger partial charge is 0.317 e. The van der Waals surface area contributed by atoms with Crippen LogP contribution >= 0.6 is 15.9 Å². The van der Waals surface area contributed by atoms with Crippen LogP contribution in [0.15, 0.2) is 16.9 Å². The molecule has 0 amide bonds. The molecule has 1 unspecified atom stereocenters. The third-order valence-electron chi connectivity index (χ3n) is 1.89. The Morgan fingerprint density at radius 2 is 2.14 bits per heavy atom. The van der Waals surface area contributed by atoms with E-state index in [1.807, 2.05) is 13.8 Å². The minimum absolute atomic E-state index is 0.301. The van der Waals surface area contributed by atoms with Crippen molar-refractivity contribution in [3.8, 4) is 18.4 Å². The molecule has 1 aromatic heterocycles. The van der Waals surface area contributed by atoms with Gasteiger partial charge in [-0.2, -0.15) is 0 Å². The SMILES string of the molecule is C#CC(C)(CC)Oc1ncc(Br)cn1. The maximum absolute atomic E-state index is 5.48. The highest BCUT2D eigenvalue weighted by Gasteiger charge is 2.21. The zero-order valence-corrected chi connectivity index (χ0v) is 9.71. The van der Waals surface area contributed by atoms with Crippen LogP contribution in [0, 0.1) is 12.3 Å². The number of halogens is 1. The topological polar surface area (TPSA) is 35.0 Å². The first-order valence-electron chi connectivity index (χ1n) is 4.24. The maximum atomic E-state index is 5.48. The van der Waals surface area contributed by atoms with Gasteiger partial charge in [0.1, 0.15) is 0 Å². The Balaban J connectivity index is 2.79. The van der Waals surface area contributed by atoms with Crippen LogP contribution in [0.3, 0.4) is 0 Å². The summed E-state index contributed by atoms with van der Waals surface area (Å²) in [6.07, 6.45) is 9.31. The molecule has 0 aliphatic carbocycles. The van der Waals surface area contributed by atoms with Gasteiger partial charge in [-0.25, -0.2) is 9.97 Å². The number of ether oxygens (including phenoxy) is 1. The van der Waals surface area contributed by atoms with Crippen molar-refractivity contribution in [2.45, 2.75) is 25.9 Å². The molecule has 4 heteroatoms. The minimum Gasteiger partial charge on any atom is -0.444 e. The predicted octanol–water partition coefficient (Wildman–Crippen LogP) is 2.42. The lowest BCUT2D eigenvalue weighted by atomic mass is 10.1. The summed E-state index contributed by atoms with van der Waals surface area (Å²) in [5, 5.41) is 0. The molecule has 3 nitrogen and oxygen atoms in total. The average Bonchev–Trinajstić information content (AvgIpc) is 2.21. The second-order valence-corrected chi connectivity index (χ2v) is 3.93. The first-order valence-corrected chi connectivity index (χ1v) is 5.03. The highest BCUT2D eigenvalue weighted by molar-refractivity contribution is 9.10. The summed E-state index contributed by atoms with van der Waals surface area (Å²) < 4.78 is 6.29. The molecular formula is C10H11BrN2O. The quantitative estimate of drug-likeness (QED) is 0.778. The monoisotopic (exact) mass is 254 g/mol. The molecule has 0 saturated carbocycles. The zero-order chi connectivity index (χ0) is 10.6. The van der Waals surface area contributed by atoms with Crippen LogP contribution in [0.2, 0.25) is 0 Å². The lowest BCUT2D eigenvalue weighted by Gasteiger charge is -2.21. The molecule has 1 aromatic rings. The number of nitrogens with zero attached hydrogens (tertiary/aromatic N) is 2. The van der Waals surface area contributed by atoms with Crippen molar-refractivity contribution in [3.05, 3.63) is 16.9 Å². The third-order valence-corrected chi connectivity index (χ3v) is 2.30. The van der Waals surface area contributed by atoms with Gasteiger partial charge in [0.2, 0.25) is 0 Å². The van der Waals surface area contributed by atoms with Gasteiger partial charge in [0.25, 0.3) is 0 Å². The van der Waals surface area contributed by atoms with Gasteiger partial charge in [0, 0.05) is 12.4 Å². The van der Waals surface area contributed by atoms with Crippen LogP contribution < -0.4 is 4.74 Å². The highest BCUT2D eigenvalue weighted by atomic mass is 79.9. The van der Waals surface area contributed by atoms with E-state index in [0.29, 0.717) is 12.4 Å². The summed E-state index contributed by atoms with van der Waals surface area (Å²) in [6, 6.07) is 0.301. The Morgan fingerprint density at radius 1 is 1.57 bits per heavy atom. The summed E-state index contributed by atoms with van der Waals surface area (Å²) in [5.74, 6) is 2.58. The van der Waals surface area contributed by atoms with Gasteiger partial charge in [0.15, 0.2) is 5.60 Å². The Morgan fingerprint density at radius 3 is 2.57 bits per heavy atom. The van der Waals surface area contributed by atoms with Crippen LogP contribution in [0.25, 0.3) is 0 Å². The summed E-state index contributed by atoms with van der Waals surface area (Å²) in [5.41, 5.74) is -0.631. The first kappa shape index (κ1) is 11.0. The standard InChI is InChI=1S/C10H11BrN2O/c1-4-10(3,5-2)14-9-12-6-8(11)7-13-9/h1,6-7H,5H2,2-3H3. The lowest BCUT2D eigenvalue weighted by Crippen LogP contribution is -2.30. The molecule has 0 bridgehead atoms. The van der Waals surface area contributed by atoms with Crippen molar-refractivity contribution in [3.63, 3.8) is 0 Å². The van der Waals surface area contributed by atoms with E-state index in [-0.39, 0.29) is 0 Å². The van der Waals surface area contributed by atoms with Crippen LogP contribution in [-0.4, -0.2) is 15.6 Å². The molecule has 1 atom stereocenters. The molecule has 0 radical (unpaired) electrons. The van der Waals surface area contributed by atoms with E-state index in [9.17, 15) is 0 Å². The first-order chi connectivity index (χ1) is 6.59. The number of hydrogen-bond acceptors (Lipinski definition) is 3. The fraction of sp³-hybridized carbons (Fsp3) is 0.400. The maximum Gasteiger partial charge on any atom is 0.317 e.